The number of nitrogens with one attached hydrogen (secondary N) is 1. The zero-order valence-corrected chi connectivity index (χ0v) is 19.5. The first-order chi connectivity index (χ1) is 17.1. The summed E-state index contributed by atoms with van der Waals surface area (Å²) in [5, 5.41) is 2.28. The van der Waals surface area contributed by atoms with Gasteiger partial charge in [0.1, 0.15) is 0 Å². The van der Waals surface area contributed by atoms with Crippen molar-refractivity contribution in [3.63, 3.8) is 0 Å². The number of para-hydroxylation sites is 1. The lowest BCUT2D eigenvalue weighted by atomic mass is 10.0. The molecule has 3 heterocycles. The molecule has 0 amide bonds. The summed E-state index contributed by atoms with van der Waals surface area (Å²) in [6, 6.07) is 24.8. The van der Waals surface area contributed by atoms with Crippen LogP contribution in [0.25, 0.3) is 21.9 Å². The van der Waals surface area contributed by atoms with E-state index in [1.807, 2.05) is 28.8 Å². The van der Waals surface area contributed by atoms with E-state index in [0.717, 1.165) is 42.5 Å². The van der Waals surface area contributed by atoms with E-state index >= 15 is 0 Å². The molecule has 1 saturated heterocycles. The molecule has 2 aromatic heterocycles. The molecule has 0 atom stereocenters. The number of benzene rings is 3. The molecule has 0 saturated carbocycles. The van der Waals surface area contributed by atoms with E-state index < -0.39 is 11.2 Å². The maximum atomic E-state index is 13.0. The Morgan fingerprint density at radius 3 is 2.31 bits per heavy atom. The van der Waals surface area contributed by atoms with Crippen molar-refractivity contribution in [2.24, 2.45) is 7.05 Å². The van der Waals surface area contributed by atoms with Gasteiger partial charge in [-0.25, -0.2) is 4.79 Å². The Labute approximate surface area is 201 Å². The van der Waals surface area contributed by atoms with Crippen molar-refractivity contribution in [2.45, 2.75) is 6.54 Å². The first-order valence-electron chi connectivity index (χ1n) is 11.8. The molecule has 6 rings (SSSR count). The number of aromatic nitrogens is 4. The van der Waals surface area contributed by atoms with Gasteiger partial charge >= 0.3 is 5.69 Å². The predicted octanol–water partition coefficient (Wildman–Crippen LogP) is 2.95. The Hall–Kier alpha value is -4.33. The molecule has 8 nitrogen and oxygen atoms in total. The lowest BCUT2D eigenvalue weighted by molar-refractivity contribution is 0.626. The number of piperazine rings is 1. The summed E-state index contributed by atoms with van der Waals surface area (Å²) in [6.07, 6.45) is 0. The summed E-state index contributed by atoms with van der Waals surface area (Å²) < 4.78 is 3.38. The smallest absolute Gasteiger partial charge is 0.329 e. The van der Waals surface area contributed by atoms with E-state index in [0.29, 0.717) is 23.7 Å². The number of aryl methyl sites for hydroxylation is 1. The van der Waals surface area contributed by atoms with Gasteiger partial charge in [-0.3, -0.25) is 18.9 Å². The maximum absolute atomic E-state index is 13.0. The second-order valence-corrected chi connectivity index (χ2v) is 8.94. The standard InChI is InChI=1S/C27H26N6O2/c1-30-24-23(25(34)29-27(30)35)33(18-20-10-7-9-19-8-5-6-13-22(19)20)26(28-24)32-16-14-31(15-17-32)21-11-3-2-4-12-21/h2-13H,14-18H2,1H3,(H,29,34,35). The topological polar surface area (TPSA) is 79.2 Å². The molecular weight excluding hydrogens is 440 g/mol. The summed E-state index contributed by atoms with van der Waals surface area (Å²) >= 11 is 0. The van der Waals surface area contributed by atoms with E-state index in [-0.39, 0.29) is 0 Å². The van der Waals surface area contributed by atoms with Gasteiger partial charge in [-0.15, -0.1) is 0 Å². The van der Waals surface area contributed by atoms with Crippen molar-refractivity contribution in [2.75, 3.05) is 36.0 Å². The monoisotopic (exact) mass is 466 g/mol. The molecule has 1 aliphatic rings. The van der Waals surface area contributed by atoms with E-state index in [1.54, 1.807) is 7.05 Å². The van der Waals surface area contributed by atoms with Crippen molar-refractivity contribution < 1.29 is 0 Å². The summed E-state index contributed by atoms with van der Waals surface area (Å²) in [7, 11) is 1.65. The first kappa shape index (κ1) is 21.2. The van der Waals surface area contributed by atoms with Crippen LogP contribution in [-0.4, -0.2) is 45.3 Å². The fraction of sp³-hybridized carbons (Fsp3) is 0.222. The van der Waals surface area contributed by atoms with Crippen molar-refractivity contribution in [3.05, 3.63) is 99.2 Å². The highest BCUT2D eigenvalue weighted by Crippen LogP contribution is 2.26. The van der Waals surface area contributed by atoms with Gasteiger partial charge in [-0.2, -0.15) is 4.98 Å². The number of nitrogens with zero attached hydrogens (tertiary/aromatic N) is 5. The highest BCUT2D eigenvalue weighted by Gasteiger charge is 2.25. The quantitative estimate of drug-likeness (QED) is 0.441. The Morgan fingerprint density at radius 2 is 1.51 bits per heavy atom. The van der Waals surface area contributed by atoms with Gasteiger partial charge < -0.3 is 9.80 Å². The molecule has 0 aliphatic carbocycles. The molecule has 0 spiro atoms. The minimum absolute atomic E-state index is 0.402. The first-order valence-corrected chi connectivity index (χ1v) is 11.8. The van der Waals surface area contributed by atoms with Crippen LogP contribution < -0.4 is 21.0 Å². The number of fused-ring (bicyclic) bond motifs is 2. The minimum atomic E-state index is -0.460. The second kappa shape index (κ2) is 8.47. The van der Waals surface area contributed by atoms with Crippen LogP contribution in [0.3, 0.4) is 0 Å². The molecule has 0 bridgehead atoms. The third kappa shape index (κ3) is 3.67. The van der Waals surface area contributed by atoms with Crippen LogP contribution in [0.1, 0.15) is 5.56 Å². The zero-order chi connectivity index (χ0) is 23.9. The van der Waals surface area contributed by atoms with Crippen LogP contribution in [0.5, 0.6) is 0 Å². The van der Waals surface area contributed by atoms with Crippen molar-refractivity contribution in [3.8, 4) is 0 Å². The summed E-state index contributed by atoms with van der Waals surface area (Å²) in [6.45, 7) is 3.69. The van der Waals surface area contributed by atoms with Crippen molar-refractivity contribution in [1.82, 2.24) is 19.1 Å². The van der Waals surface area contributed by atoms with Gasteiger partial charge in [0.25, 0.3) is 5.56 Å². The van der Waals surface area contributed by atoms with Gasteiger partial charge in [0.2, 0.25) is 5.95 Å². The molecule has 3 aromatic carbocycles. The number of imidazole rings is 1. The third-order valence-corrected chi connectivity index (χ3v) is 6.88. The van der Waals surface area contributed by atoms with Crippen molar-refractivity contribution >= 4 is 33.6 Å². The number of hydrogen-bond donors (Lipinski definition) is 1. The zero-order valence-electron chi connectivity index (χ0n) is 19.5. The highest BCUT2D eigenvalue weighted by molar-refractivity contribution is 5.86. The normalized spacial score (nSPS) is 14.2. The summed E-state index contributed by atoms with van der Waals surface area (Å²) in [5.74, 6) is 0.715. The molecule has 5 aromatic rings. The molecule has 1 fully saturated rings. The van der Waals surface area contributed by atoms with E-state index in [1.165, 1.54) is 10.3 Å². The van der Waals surface area contributed by atoms with Crippen LogP contribution in [0.2, 0.25) is 0 Å². The molecule has 0 unspecified atom stereocenters. The maximum Gasteiger partial charge on any atom is 0.329 e. The number of H-pyrrole nitrogens is 1. The van der Waals surface area contributed by atoms with Crippen LogP contribution in [0.15, 0.2) is 82.4 Å². The SMILES string of the molecule is Cn1c(=O)[nH]c(=O)c2c1nc(N1CCN(c3ccccc3)CC1)n2Cc1cccc2ccccc12. The average molecular weight is 467 g/mol. The van der Waals surface area contributed by atoms with E-state index in [2.05, 4.69) is 63.3 Å². The summed E-state index contributed by atoms with van der Waals surface area (Å²) in [5.41, 5.74) is 2.25. The molecule has 1 aliphatic heterocycles. The number of aromatic amines is 1. The average Bonchev–Trinajstić information content (AvgIpc) is 3.28. The summed E-state index contributed by atoms with van der Waals surface area (Å²) in [4.78, 5) is 37.2. The van der Waals surface area contributed by atoms with Gasteiger partial charge in [0, 0.05) is 38.9 Å². The van der Waals surface area contributed by atoms with Crippen LogP contribution >= 0.6 is 0 Å². The Balaban J connectivity index is 1.44. The largest absolute Gasteiger partial charge is 0.368 e. The number of rotatable bonds is 4. The van der Waals surface area contributed by atoms with E-state index in [4.69, 9.17) is 4.98 Å². The third-order valence-electron chi connectivity index (χ3n) is 6.88. The van der Waals surface area contributed by atoms with Gasteiger partial charge in [-0.05, 0) is 28.5 Å². The van der Waals surface area contributed by atoms with E-state index in [9.17, 15) is 9.59 Å². The Kier molecular flexibility index (Phi) is 5.13. The predicted molar refractivity (Wildman–Crippen MR) is 140 cm³/mol. The fourth-order valence-electron chi connectivity index (χ4n) is 5.02. The number of anilines is 2. The number of hydrogen-bond acceptors (Lipinski definition) is 5. The molecule has 8 heteroatoms. The van der Waals surface area contributed by atoms with Gasteiger partial charge in [0.05, 0.1) is 6.54 Å². The molecule has 1 N–H and O–H groups in total. The highest BCUT2D eigenvalue weighted by atomic mass is 16.2. The lowest BCUT2D eigenvalue weighted by Crippen LogP contribution is -2.47. The van der Waals surface area contributed by atoms with Gasteiger partial charge in [-0.1, -0.05) is 60.7 Å². The minimum Gasteiger partial charge on any atom is -0.368 e. The Morgan fingerprint density at radius 1 is 0.829 bits per heavy atom. The Bertz CT molecular complexity index is 1640. The molecular formula is C27H26N6O2. The fourth-order valence-corrected chi connectivity index (χ4v) is 5.02. The lowest BCUT2D eigenvalue weighted by Gasteiger charge is -2.36. The van der Waals surface area contributed by atoms with Crippen molar-refractivity contribution in [1.29, 1.82) is 0 Å². The molecule has 0 radical (unpaired) electrons. The molecule has 176 valence electrons. The van der Waals surface area contributed by atoms with Crippen LogP contribution in [0, 0.1) is 0 Å². The van der Waals surface area contributed by atoms with Crippen LogP contribution in [0.4, 0.5) is 11.6 Å². The van der Waals surface area contributed by atoms with Crippen LogP contribution in [-0.2, 0) is 13.6 Å². The molecule has 35 heavy (non-hydrogen) atoms. The van der Waals surface area contributed by atoms with Gasteiger partial charge in [0.15, 0.2) is 11.2 Å². The second-order valence-electron chi connectivity index (χ2n) is 8.94.